The van der Waals surface area contributed by atoms with Gasteiger partial charge in [-0.25, -0.2) is 4.98 Å². The summed E-state index contributed by atoms with van der Waals surface area (Å²) in [6.07, 6.45) is 10.2. The molecule has 3 aromatic heterocycles. The van der Waals surface area contributed by atoms with Crippen LogP contribution in [0, 0.1) is 0 Å². The summed E-state index contributed by atoms with van der Waals surface area (Å²) in [6.45, 7) is 5.36. The molecule has 1 atom stereocenters. The molecule has 1 saturated heterocycles. The minimum absolute atomic E-state index is 0.0756. The molecule has 0 aliphatic carbocycles. The predicted octanol–water partition coefficient (Wildman–Crippen LogP) is 2.79. The van der Waals surface area contributed by atoms with E-state index in [0.717, 1.165) is 49.6 Å². The van der Waals surface area contributed by atoms with E-state index in [-0.39, 0.29) is 5.91 Å². The number of hydrogen-bond donors (Lipinski definition) is 1. The summed E-state index contributed by atoms with van der Waals surface area (Å²) >= 11 is 1.57. The third-order valence-electron chi connectivity index (χ3n) is 5.18. The van der Waals surface area contributed by atoms with E-state index in [1.54, 1.807) is 17.5 Å². The molecule has 3 aromatic rings. The van der Waals surface area contributed by atoms with Gasteiger partial charge in [0.2, 0.25) is 0 Å². The molecule has 0 aromatic carbocycles. The van der Waals surface area contributed by atoms with E-state index in [2.05, 4.69) is 26.7 Å². The fourth-order valence-corrected chi connectivity index (χ4v) is 4.28. The Bertz CT molecular complexity index is 877. The van der Waals surface area contributed by atoms with Crippen LogP contribution >= 0.6 is 11.3 Å². The van der Waals surface area contributed by atoms with Crippen LogP contribution in [0.5, 0.6) is 0 Å². The molecule has 4 heterocycles. The third kappa shape index (κ3) is 4.06. The van der Waals surface area contributed by atoms with E-state index < -0.39 is 0 Å². The summed E-state index contributed by atoms with van der Waals surface area (Å²) in [5.41, 5.74) is 1.57. The van der Waals surface area contributed by atoms with Crippen molar-refractivity contribution in [3.63, 3.8) is 0 Å². The topological polar surface area (TPSA) is 67.5 Å². The van der Waals surface area contributed by atoms with Crippen LogP contribution in [-0.4, -0.2) is 49.1 Å². The van der Waals surface area contributed by atoms with Crippen molar-refractivity contribution in [3.8, 4) is 0 Å². The molecule has 8 heteroatoms. The Balaban J connectivity index is 1.45. The van der Waals surface area contributed by atoms with Gasteiger partial charge < -0.3 is 10.2 Å². The Morgan fingerprint density at radius 1 is 1.30 bits per heavy atom. The zero-order valence-corrected chi connectivity index (χ0v) is 16.5. The number of fused-ring (bicyclic) bond motifs is 1. The van der Waals surface area contributed by atoms with Gasteiger partial charge in [0, 0.05) is 56.2 Å². The minimum atomic E-state index is 0.0756. The van der Waals surface area contributed by atoms with E-state index in [0.29, 0.717) is 18.3 Å². The fraction of sp³-hybridized carbons (Fsp3) is 0.526. The van der Waals surface area contributed by atoms with Crippen LogP contribution < -0.4 is 5.32 Å². The number of hydrogen-bond acceptors (Lipinski definition) is 5. The fourth-order valence-electron chi connectivity index (χ4n) is 3.55. The lowest BCUT2D eigenvalue weighted by Crippen LogP contribution is -2.37. The Morgan fingerprint density at radius 3 is 2.93 bits per heavy atom. The van der Waals surface area contributed by atoms with Crippen molar-refractivity contribution in [1.29, 1.82) is 0 Å². The van der Waals surface area contributed by atoms with Gasteiger partial charge in [-0.1, -0.05) is 0 Å². The molecule has 1 unspecified atom stereocenters. The molecule has 1 aliphatic rings. The van der Waals surface area contributed by atoms with E-state index in [4.69, 9.17) is 0 Å². The summed E-state index contributed by atoms with van der Waals surface area (Å²) in [5, 5.41) is 9.82. The Morgan fingerprint density at radius 2 is 2.15 bits per heavy atom. The number of carbonyl (C=O) groups is 1. The SMILES string of the molecule is CC(CCn1cccn1)NCc1c(C(=O)N2CCCCC2)nc2sccn12. The normalized spacial score (nSPS) is 16.1. The highest BCUT2D eigenvalue weighted by Gasteiger charge is 2.25. The molecule has 4 rings (SSSR count). The summed E-state index contributed by atoms with van der Waals surface area (Å²) in [6, 6.07) is 2.26. The molecule has 1 aliphatic heterocycles. The number of aryl methyl sites for hydroxylation is 1. The second-order valence-corrected chi connectivity index (χ2v) is 8.03. The lowest BCUT2D eigenvalue weighted by Gasteiger charge is -2.26. The molecule has 0 spiro atoms. The monoisotopic (exact) mass is 386 g/mol. The number of nitrogens with zero attached hydrogens (tertiary/aromatic N) is 5. The smallest absolute Gasteiger partial charge is 0.274 e. The van der Waals surface area contributed by atoms with Crippen molar-refractivity contribution in [3.05, 3.63) is 41.4 Å². The molecular weight excluding hydrogens is 360 g/mol. The van der Waals surface area contributed by atoms with Crippen LogP contribution in [0.4, 0.5) is 0 Å². The zero-order chi connectivity index (χ0) is 18.6. The van der Waals surface area contributed by atoms with Crippen LogP contribution in [0.2, 0.25) is 0 Å². The number of aromatic nitrogens is 4. The molecular formula is C19H26N6OS. The quantitative estimate of drug-likeness (QED) is 0.678. The lowest BCUT2D eigenvalue weighted by atomic mass is 10.1. The number of amides is 1. The molecule has 7 nitrogen and oxygen atoms in total. The van der Waals surface area contributed by atoms with Crippen molar-refractivity contribution in [2.75, 3.05) is 13.1 Å². The summed E-state index contributed by atoms with van der Waals surface area (Å²) in [5.74, 6) is 0.0756. The van der Waals surface area contributed by atoms with Gasteiger partial charge in [-0.15, -0.1) is 11.3 Å². The van der Waals surface area contributed by atoms with Crippen molar-refractivity contribution < 1.29 is 4.79 Å². The minimum Gasteiger partial charge on any atom is -0.337 e. The first kappa shape index (κ1) is 18.2. The summed E-state index contributed by atoms with van der Waals surface area (Å²) in [7, 11) is 0. The molecule has 1 fully saturated rings. The standard InChI is InChI=1S/C19H26N6OS/c1-15(6-11-24-10-5-7-21-24)20-14-16-17(22-19-25(16)12-13-27-19)18(26)23-8-3-2-4-9-23/h5,7,10,12-13,15,20H,2-4,6,8-9,11,14H2,1H3. The third-order valence-corrected chi connectivity index (χ3v) is 5.93. The average molecular weight is 387 g/mol. The maximum absolute atomic E-state index is 13.0. The lowest BCUT2D eigenvalue weighted by molar-refractivity contribution is 0.0717. The van der Waals surface area contributed by atoms with Gasteiger partial charge in [-0.3, -0.25) is 13.9 Å². The van der Waals surface area contributed by atoms with Gasteiger partial charge in [0.15, 0.2) is 10.7 Å². The molecule has 0 saturated carbocycles. The van der Waals surface area contributed by atoms with Gasteiger partial charge in [0.05, 0.1) is 5.69 Å². The molecule has 1 amide bonds. The number of piperidine rings is 1. The summed E-state index contributed by atoms with van der Waals surface area (Å²) in [4.78, 5) is 20.5. The van der Waals surface area contributed by atoms with Crippen LogP contribution in [-0.2, 0) is 13.1 Å². The number of likely N-dealkylation sites (tertiary alicyclic amines) is 1. The molecule has 144 valence electrons. The van der Waals surface area contributed by atoms with Gasteiger partial charge in [-0.05, 0) is 38.7 Å². The van der Waals surface area contributed by atoms with E-state index >= 15 is 0 Å². The molecule has 0 radical (unpaired) electrons. The second kappa shape index (κ2) is 8.22. The van der Waals surface area contributed by atoms with E-state index in [1.807, 2.05) is 33.4 Å². The van der Waals surface area contributed by atoms with Gasteiger partial charge >= 0.3 is 0 Å². The Labute approximate surface area is 163 Å². The van der Waals surface area contributed by atoms with Crippen LogP contribution in [0.3, 0.4) is 0 Å². The first-order valence-corrected chi connectivity index (χ1v) is 10.5. The van der Waals surface area contributed by atoms with Gasteiger partial charge in [-0.2, -0.15) is 5.10 Å². The zero-order valence-electron chi connectivity index (χ0n) is 15.7. The van der Waals surface area contributed by atoms with Gasteiger partial charge in [0.25, 0.3) is 5.91 Å². The van der Waals surface area contributed by atoms with E-state index in [1.165, 1.54) is 6.42 Å². The largest absolute Gasteiger partial charge is 0.337 e. The number of nitrogens with one attached hydrogen (secondary N) is 1. The molecule has 1 N–H and O–H groups in total. The molecule has 0 bridgehead atoms. The van der Waals surface area contributed by atoms with Crippen LogP contribution in [0.15, 0.2) is 30.0 Å². The second-order valence-electron chi connectivity index (χ2n) is 7.16. The Hall–Kier alpha value is -2.19. The van der Waals surface area contributed by atoms with Crippen molar-refractivity contribution in [1.82, 2.24) is 29.4 Å². The molecule has 27 heavy (non-hydrogen) atoms. The average Bonchev–Trinajstić information content (AvgIpc) is 3.42. The predicted molar refractivity (Wildman–Crippen MR) is 106 cm³/mol. The first-order chi connectivity index (χ1) is 13.2. The number of carbonyl (C=O) groups excluding carboxylic acids is 1. The van der Waals surface area contributed by atoms with Crippen LogP contribution in [0.1, 0.15) is 48.8 Å². The van der Waals surface area contributed by atoms with Crippen LogP contribution in [0.25, 0.3) is 4.96 Å². The number of imidazole rings is 1. The van der Waals surface area contributed by atoms with Crippen molar-refractivity contribution in [2.45, 2.75) is 51.7 Å². The highest BCUT2D eigenvalue weighted by molar-refractivity contribution is 7.15. The van der Waals surface area contributed by atoms with Crippen molar-refractivity contribution >= 4 is 22.2 Å². The number of rotatable bonds is 7. The number of thiazole rings is 1. The van der Waals surface area contributed by atoms with Crippen molar-refractivity contribution in [2.24, 2.45) is 0 Å². The summed E-state index contributed by atoms with van der Waals surface area (Å²) < 4.78 is 3.99. The first-order valence-electron chi connectivity index (χ1n) is 9.67. The highest BCUT2D eigenvalue weighted by Crippen LogP contribution is 2.21. The maximum Gasteiger partial charge on any atom is 0.274 e. The highest BCUT2D eigenvalue weighted by atomic mass is 32.1. The Kier molecular flexibility index (Phi) is 5.54. The van der Waals surface area contributed by atoms with E-state index in [9.17, 15) is 4.79 Å². The van der Waals surface area contributed by atoms with Gasteiger partial charge in [0.1, 0.15) is 0 Å². The maximum atomic E-state index is 13.0.